The molecule has 0 atom stereocenters. The van der Waals surface area contributed by atoms with Gasteiger partial charge in [-0.25, -0.2) is 14.4 Å². The van der Waals surface area contributed by atoms with Crippen molar-refractivity contribution < 1.29 is 4.39 Å². The zero-order valence-electron chi connectivity index (χ0n) is 27.5. The van der Waals surface area contributed by atoms with Crippen molar-refractivity contribution in [1.29, 1.82) is 0 Å². The van der Waals surface area contributed by atoms with Crippen LogP contribution in [0.5, 0.6) is 0 Å². The zero-order chi connectivity index (χ0) is 32.9. The fourth-order valence-corrected chi connectivity index (χ4v) is 6.35. The number of allylic oxidation sites excluding steroid dienone is 3. The fourth-order valence-electron chi connectivity index (χ4n) is 6.35. The molecule has 4 aromatic heterocycles. The Labute approximate surface area is 276 Å². The van der Waals surface area contributed by atoms with Crippen molar-refractivity contribution in [3.63, 3.8) is 0 Å². The van der Waals surface area contributed by atoms with Crippen molar-refractivity contribution in [3.8, 4) is 22.8 Å². The Hall–Kier alpha value is -4.89. The molecule has 0 spiro atoms. The van der Waals surface area contributed by atoms with Crippen molar-refractivity contribution >= 4 is 22.3 Å². The van der Waals surface area contributed by atoms with Gasteiger partial charge in [-0.15, -0.1) is 0 Å². The monoisotopic (exact) mass is 630 g/mol. The van der Waals surface area contributed by atoms with Gasteiger partial charge in [0, 0.05) is 28.7 Å². The Morgan fingerprint density at radius 3 is 2.72 bits per heavy atom. The van der Waals surface area contributed by atoms with Gasteiger partial charge in [-0.05, 0) is 106 Å². The van der Waals surface area contributed by atoms with Gasteiger partial charge in [0.05, 0.1) is 28.8 Å². The summed E-state index contributed by atoms with van der Waals surface area (Å²) in [6.45, 7) is 17.8. The van der Waals surface area contributed by atoms with Gasteiger partial charge in [-0.3, -0.25) is 10.1 Å². The van der Waals surface area contributed by atoms with Gasteiger partial charge in [0.25, 0.3) is 0 Å². The lowest BCUT2D eigenvalue weighted by atomic mass is 9.97. The van der Waals surface area contributed by atoms with E-state index in [0.29, 0.717) is 28.6 Å². The van der Waals surface area contributed by atoms with Gasteiger partial charge in [0.2, 0.25) is 0 Å². The number of aryl methyl sites for hydroxylation is 2. The summed E-state index contributed by atoms with van der Waals surface area (Å²) in [6.07, 6.45) is 12.4. The molecule has 1 aliphatic heterocycles. The quantitative estimate of drug-likeness (QED) is 0.113. The minimum atomic E-state index is -0.255. The Bertz CT molecular complexity index is 1930. The Kier molecular flexibility index (Phi) is 9.73. The standard InChI is InChI=1S/C38H43FN8/c1-6-10-32(28-18-27(19-30(39)20-28)11-9-16-47-14-7-8-15-47)35-26(5)42-38(44-35)37-36-34(45-46-37)13-12-33(43-36)29-21-31(23-40-22-29)41-25(4)17-24(2)3/h6,10,12-13,18-24,41H,1,4,7-9,11,14-17H2,2-3,5H3,(H,42,44)(H,45,46)/b32-10-. The first kappa shape index (κ1) is 32.1. The second-order valence-corrected chi connectivity index (χ2v) is 12.8. The molecule has 6 rings (SSSR count). The number of pyridine rings is 2. The molecule has 0 unspecified atom stereocenters. The number of benzene rings is 1. The first-order chi connectivity index (χ1) is 22.8. The maximum absolute atomic E-state index is 15.0. The number of halogens is 1. The number of hydrogen-bond donors (Lipinski definition) is 3. The minimum absolute atomic E-state index is 0.255. The maximum atomic E-state index is 15.0. The number of fused-ring (bicyclic) bond motifs is 1. The molecule has 8 nitrogen and oxygen atoms in total. The van der Waals surface area contributed by atoms with Crippen LogP contribution >= 0.6 is 0 Å². The van der Waals surface area contributed by atoms with E-state index in [2.05, 4.69) is 63.5 Å². The average Bonchev–Trinajstić information content (AvgIpc) is 3.79. The molecule has 5 aromatic rings. The first-order valence-corrected chi connectivity index (χ1v) is 16.4. The van der Waals surface area contributed by atoms with Crippen LogP contribution in [0.4, 0.5) is 10.1 Å². The van der Waals surface area contributed by atoms with Crippen LogP contribution in [0, 0.1) is 18.7 Å². The van der Waals surface area contributed by atoms with E-state index in [-0.39, 0.29) is 5.82 Å². The Morgan fingerprint density at radius 1 is 1.11 bits per heavy atom. The summed E-state index contributed by atoms with van der Waals surface area (Å²) in [5.41, 5.74) is 9.62. The van der Waals surface area contributed by atoms with E-state index in [9.17, 15) is 4.39 Å². The van der Waals surface area contributed by atoms with Gasteiger partial charge < -0.3 is 15.2 Å². The number of aromatic nitrogens is 6. The van der Waals surface area contributed by atoms with E-state index in [1.165, 1.54) is 25.9 Å². The van der Waals surface area contributed by atoms with Crippen LogP contribution in [0.15, 0.2) is 79.8 Å². The van der Waals surface area contributed by atoms with Crippen LogP contribution in [0.1, 0.15) is 62.0 Å². The second-order valence-electron chi connectivity index (χ2n) is 12.8. The number of rotatable bonds is 13. The third kappa shape index (κ3) is 7.58. The number of nitrogens with one attached hydrogen (secondary N) is 3. The Balaban J connectivity index is 1.28. The van der Waals surface area contributed by atoms with Crippen LogP contribution in [0.3, 0.4) is 0 Å². The topological polar surface area (TPSA) is 98.4 Å². The molecule has 0 amide bonds. The van der Waals surface area contributed by atoms with Crippen LogP contribution in [-0.2, 0) is 6.42 Å². The molecule has 0 aliphatic carbocycles. The number of H-pyrrole nitrogens is 2. The van der Waals surface area contributed by atoms with E-state index in [0.717, 1.165) is 76.4 Å². The average molecular weight is 631 g/mol. The Morgan fingerprint density at radius 2 is 1.94 bits per heavy atom. The van der Waals surface area contributed by atoms with Crippen LogP contribution < -0.4 is 5.32 Å². The van der Waals surface area contributed by atoms with Crippen molar-refractivity contribution in [2.24, 2.45) is 5.92 Å². The molecule has 242 valence electrons. The van der Waals surface area contributed by atoms with Gasteiger partial charge in [-0.2, -0.15) is 5.10 Å². The first-order valence-electron chi connectivity index (χ1n) is 16.4. The molecule has 3 N–H and O–H groups in total. The number of aromatic amines is 2. The summed E-state index contributed by atoms with van der Waals surface area (Å²) in [4.78, 5) is 20.3. The predicted octanol–water partition coefficient (Wildman–Crippen LogP) is 8.48. The van der Waals surface area contributed by atoms with Crippen LogP contribution in [0.2, 0.25) is 0 Å². The summed E-state index contributed by atoms with van der Waals surface area (Å²) >= 11 is 0. The van der Waals surface area contributed by atoms with E-state index < -0.39 is 0 Å². The summed E-state index contributed by atoms with van der Waals surface area (Å²) in [6, 6.07) is 11.2. The molecule has 0 bridgehead atoms. The normalized spacial score (nSPS) is 13.9. The highest BCUT2D eigenvalue weighted by Gasteiger charge is 2.20. The summed E-state index contributed by atoms with van der Waals surface area (Å²) in [7, 11) is 0. The van der Waals surface area contributed by atoms with Gasteiger partial charge >= 0.3 is 0 Å². The lowest BCUT2D eigenvalue weighted by Gasteiger charge is -2.14. The molecule has 1 aliphatic rings. The summed E-state index contributed by atoms with van der Waals surface area (Å²) in [5, 5.41) is 11.1. The second kappa shape index (κ2) is 14.3. The van der Waals surface area contributed by atoms with Crippen molar-refractivity contribution in [1.82, 2.24) is 35.0 Å². The highest BCUT2D eigenvalue weighted by atomic mass is 19.1. The molecule has 5 heterocycles. The number of hydrogen-bond acceptors (Lipinski definition) is 6. The van der Waals surface area contributed by atoms with Crippen LogP contribution in [-0.4, -0.2) is 54.7 Å². The zero-order valence-corrected chi connectivity index (χ0v) is 27.5. The number of nitrogens with zero attached hydrogens (tertiary/aromatic N) is 5. The third-order valence-electron chi connectivity index (χ3n) is 8.47. The highest BCUT2D eigenvalue weighted by molar-refractivity contribution is 5.90. The van der Waals surface area contributed by atoms with Gasteiger partial charge in [-0.1, -0.05) is 45.2 Å². The molecular weight excluding hydrogens is 587 g/mol. The van der Waals surface area contributed by atoms with E-state index in [1.807, 2.05) is 31.2 Å². The van der Waals surface area contributed by atoms with Crippen molar-refractivity contribution in [2.75, 3.05) is 25.0 Å². The highest BCUT2D eigenvalue weighted by Crippen LogP contribution is 2.32. The molecule has 1 aromatic carbocycles. The van der Waals surface area contributed by atoms with Crippen LogP contribution in [0.25, 0.3) is 39.4 Å². The number of likely N-dealkylation sites (tertiary alicyclic amines) is 1. The third-order valence-corrected chi connectivity index (χ3v) is 8.47. The molecule has 1 saturated heterocycles. The predicted molar refractivity (Wildman–Crippen MR) is 189 cm³/mol. The molecule has 0 saturated carbocycles. The lowest BCUT2D eigenvalue weighted by molar-refractivity contribution is 0.334. The molecule has 0 radical (unpaired) electrons. The molecule has 9 heteroatoms. The lowest BCUT2D eigenvalue weighted by Crippen LogP contribution is -2.20. The van der Waals surface area contributed by atoms with E-state index >= 15 is 0 Å². The maximum Gasteiger partial charge on any atom is 0.161 e. The van der Waals surface area contributed by atoms with Gasteiger partial charge in [0.1, 0.15) is 11.3 Å². The molecular formula is C38H43FN8. The molecule has 47 heavy (non-hydrogen) atoms. The minimum Gasteiger partial charge on any atom is -0.358 e. The summed E-state index contributed by atoms with van der Waals surface area (Å²) < 4.78 is 15.0. The number of anilines is 1. The fraction of sp³-hybridized carbons (Fsp3) is 0.316. The summed E-state index contributed by atoms with van der Waals surface area (Å²) in [5.74, 6) is 0.823. The van der Waals surface area contributed by atoms with Gasteiger partial charge in [0.15, 0.2) is 11.5 Å². The largest absolute Gasteiger partial charge is 0.358 e. The smallest absolute Gasteiger partial charge is 0.161 e. The number of imidazole rings is 1. The van der Waals surface area contributed by atoms with Crippen molar-refractivity contribution in [3.05, 3.63) is 108 Å². The van der Waals surface area contributed by atoms with E-state index in [4.69, 9.17) is 9.97 Å². The molecule has 1 fully saturated rings. The SMILES string of the molecule is C=C/C=C(/c1cc(F)cc(CCCN2CCCC2)c1)c1nc(-c2n[nH]c3ccc(-c4cncc(NC(=C)CC(C)C)c4)nc23)[nH]c1C. The van der Waals surface area contributed by atoms with Crippen molar-refractivity contribution in [2.45, 2.75) is 52.9 Å². The van der Waals surface area contributed by atoms with E-state index in [1.54, 1.807) is 30.6 Å².